The van der Waals surface area contributed by atoms with Gasteiger partial charge < -0.3 is 15.1 Å². The van der Waals surface area contributed by atoms with Gasteiger partial charge in [0.1, 0.15) is 0 Å². The predicted molar refractivity (Wildman–Crippen MR) is 89.0 cm³/mol. The number of amides is 2. The third kappa shape index (κ3) is 4.04. The van der Waals surface area contributed by atoms with Crippen molar-refractivity contribution in [1.29, 1.82) is 0 Å². The quantitative estimate of drug-likeness (QED) is 0.791. The number of nitrogens with one attached hydrogen (secondary N) is 1. The average molecular weight is 322 g/mol. The highest BCUT2D eigenvalue weighted by atomic mass is 16.2. The second-order valence-electron chi connectivity index (χ2n) is 7.25. The Morgan fingerprint density at radius 1 is 0.957 bits per heavy atom. The summed E-state index contributed by atoms with van der Waals surface area (Å²) in [5.74, 6) is 1.18. The topological polar surface area (TPSA) is 55.9 Å². The molecule has 3 fully saturated rings. The summed E-state index contributed by atoms with van der Waals surface area (Å²) < 4.78 is 0. The van der Waals surface area contributed by atoms with Gasteiger partial charge in [-0.1, -0.05) is 6.92 Å². The smallest absolute Gasteiger partial charge is 0.236 e. The van der Waals surface area contributed by atoms with Crippen molar-refractivity contribution < 1.29 is 9.59 Å². The van der Waals surface area contributed by atoms with E-state index in [9.17, 15) is 9.59 Å². The molecule has 1 atom stereocenters. The number of hydrogen-bond donors (Lipinski definition) is 1. The molecule has 3 heterocycles. The number of nitrogens with zero attached hydrogens (tertiary/aromatic N) is 3. The lowest BCUT2D eigenvalue weighted by atomic mass is 9.88. The van der Waals surface area contributed by atoms with E-state index in [0.29, 0.717) is 18.4 Å². The van der Waals surface area contributed by atoms with Crippen LogP contribution < -0.4 is 5.32 Å². The van der Waals surface area contributed by atoms with E-state index in [0.717, 1.165) is 65.2 Å². The molecule has 1 N–H and O–H groups in total. The lowest BCUT2D eigenvalue weighted by molar-refractivity contribution is -0.140. The molecule has 0 aromatic heterocycles. The van der Waals surface area contributed by atoms with Crippen LogP contribution in [0.25, 0.3) is 0 Å². The molecule has 0 spiro atoms. The number of carbonyl (C=O) groups is 2. The molecule has 0 aromatic carbocycles. The Bertz CT molecular complexity index is 424. The van der Waals surface area contributed by atoms with Gasteiger partial charge in [-0.3, -0.25) is 14.5 Å². The van der Waals surface area contributed by atoms with E-state index in [1.165, 1.54) is 6.42 Å². The molecular formula is C17H30N4O2. The Kier molecular flexibility index (Phi) is 5.54. The summed E-state index contributed by atoms with van der Waals surface area (Å²) in [6.45, 7) is 9.52. The highest BCUT2D eigenvalue weighted by Crippen LogP contribution is 2.19. The Morgan fingerprint density at radius 3 is 2.17 bits per heavy atom. The van der Waals surface area contributed by atoms with Gasteiger partial charge in [-0.25, -0.2) is 0 Å². The summed E-state index contributed by atoms with van der Waals surface area (Å²) in [4.78, 5) is 31.0. The number of piperazine rings is 1. The van der Waals surface area contributed by atoms with Crippen molar-refractivity contribution in [2.45, 2.75) is 26.2 Å². The van der Waals surface area contributed by atoms with E-state index in [4.69, 9.17) is 0 Å². The molecule has 130 valence electrons. The Balaban J connectivity index is 1.41. The van der Waals surface area contributed by atoms with E-state index >= 15 is 0 Å². The van der Waals surface area contributed by atoms with Crippen LogP contribution in [0, 0.1) is 11.8 Å². The zero-order chi connectivity index (χ0) is 16.2. The monoisotopic (exact) mass is 322 g/mol. The van der Waals surface area contributed by atoms with Crippen LogP contribution in [0.2, 0.25) is 0 Å². The summed E-state index contributed by atoms with van der Waals surface area (Å²) >= 11 is 0. The van der Waals surface area contributed by atoms with Gasteiger partial charge in [0, 0.05) is 45.2 Å². The van der Waals surface area contributed by atoms with Crippen LogP contribution in [0.3, 0.4) is 0 Å². The first-order chi connectivity index (χ1) is 11.1. The standard InChI is InChI=1S/C17H30N4O2/c1-14(15-11-18-12-15)17(23)21-9-7-19(8-10-21)13-16(22)20-5-3-2-4-6-20/h14-15,18H,2-13H2,1H3. The van der Waals surface area contributed by atoms with Crippen molar-refractivity contribution in [1.82, 2.24) is 20.0 Å². The molecule has 0 radical (unpaired) electrons. The number of rotatable bonds is 4. The van der Waals surface area contributed by atoms with Crippen molar-refractivity contribution in [2.24, 2.45) is 11.8 Å². The molecule has 0 bridgehead atoms. The third-order valence-corrected chi connectivity index (χ3v) is 5.66. The van der Waals surface area contributed by atoms with E-state index in [-0.39, 0.29) is 11.8 Å². The summed E-state index contributed by atoms with van der Waals surface area (Å²) in [5.41, 5.74) is 0. The molecule has 0 saturated carbocycles. The second kappa shape index (κ2) is 7.62. The summed E-state index contributed by atoms with van der Waals surface area (Å²) in [7, 11) is 0. The van der Waals surface area contributed by atoms with Gasteiger partial charge in [0.25, 0.3) is 0 Å². The lowest BCUT2D eigenvalue weighted by Gasteiger charge is -2.39. The highest BCUT2D eigenvalue weighted by molar-refractivity contribution is 5.79. The predicted octanol–water partition coefficient (Wildman–Crippen LogP) is -0.00140. The van der Waals surface area contributed by atoms with Crippen LogP contribution in [0.15, 0.2) is 0 Å². The normalized spacial score (nSPS) is 25.1. The zero-order valence-corrected chi connectivity index (χ0v) is 14.3. The number of likely N-dealkylation sites (tertiary alicyclic amines) is 1. The molecule has 6 nitrogen and oxygen atoms in total. The first kappa shape index (κ1) is 16.7. The molecule has 3 rings (SSSR count). The van der Waals surface area contributed by atoms with Gasteiger partial charge in [-0.05, 0) is 38.3 Å². The van der Waals surface area contributed by atoms with Crippen molar-refractivity contribution in [3.63, 3.8) is 0 Å². The maximum absolute atomic E-state index is 12.5. The lowest BCUT2D eigenvalue weighted by Crippen LogP contribution is -2.55. The second-order valence-corrected chi connectivity index (χ2v) is 7.25. The van der Waals surface area contributed by atoms with Crippen molar-refractivity contribution in [2.75, 3.05) is 58.9 Å². The van der Waals surface area contributed by atoms with Crippen LogP contribution in [0.1, 0.15) is 26.2 Å². The van der Waals surface area contributed by atoms with Crippen LogP contribution in [0.4, 0.5) is 0 Å². The fourth-order valence-electron chi connectivity index (χ4n) is 3.72. The van der Waals surface area contributed by atoms with Crippen LogP contribution in [0.5, 0.6) is 0 Å². The maximum atomic E-state index is 12.5. The van der Waals surface area contributed by atoms with E-state index in [2.05, 4.69) is 17.1 Å². The molecule has 23 heavy (non-hydrogen) atoms. The molecule has 1 unspecified atom stereocenters. The molecule has 0 aromatic rings. The number of piperidine rings is 1. The van der Waals surface area contributed by atoms with Gasteiger partial charge in [0.2, 0.25) is 11.8 Å². The third-order valence-electron chi connectivity index (χ3n) is 5.66. The van der Waals surface area contributed by atoms with Crippen molar-refractivity contribution >= 4 is 11.8 Å². The summed E-state index contributed by atoms with van der Waals surface area (Å²) in [6.07, 6.45) is 3.53. The van der Waals surface area contributed by atoms with E-state index in [1.54, 1.807) is 0 Å². The minimum atomic E-state index is 0.123. The van der Waals surface area contributed by atoms with Crippen LogP contribution >= 0.6 is 0 Å². The summed E-state index contributed by atoms with van der Waals surface area (Å²) in [6, 6.07) is 0. The minimum absolute atomic E-state index is 0.123. The Hall–Kier alpha value is -1.14. The Labute approximate surface area is 139 Å². The molecule has 3 aliphatic rings. The van der Waals surface area contributed by atoms with E-state index in [1.807, 2.05) is 9.80 Å². The number of hydrogen-bond acceptors (Lipinski definition) is 4. The maximum Gasteiger partial charge on any atom is 0.236 e. The Morgan fingerprint density at radius 2 is 1.61 bits per heavy atom. The molecule has 3 aliphatic heterocycles. The fraction of sp³-hybridized carbons (Fsp3) is 0.882. The van der Waals surface area contributed by atoms with Gasteiger partial charge in [0.15, 0.2) is 0 Å². The molecule has 2 amide bonds. The first-order valence-electron chi connectivity index (χ1n) is 9.15. The molecule has 6 heteroatoms. The SMILES string of the molecule is CC(C(=O)N1CCN(CC(=O)N2CCCCC2)CC1)C1CNC1. The summed E-state index contributed by atoms with van der Waals surface area (Å²) in [5, 5.41) is 3.24. The van der Waals surface area contributed by atoms with Gasteiger partial charge in [-0.15, -0.1) is 0 Å². The highest BCUT2D eigenvalue weighted by Gasteiger charge is 2.33. The molecular weight excluding hydrogens is 292 g/mol. The van der Waals surface area contributed by atoms with E-state index < -0.39 is 0 Å². The minimum Gasteiger partial charge on any atom is -0.342 e. The number of carbonyl (C=O) groups excluding carboxylic acids is 2. The van der Waals surface area contributed by atoms with Gasteiger partial charge in [-0.2, -0.15) is 0 Å². The van der Waals surface area contributed by atoms with Gasteiger partial charge >= 0.3 is 0 Å². The fourth-order valence-corrected chi connectivity index (χ4v) is 3.72. The van der Waals surface area contributed by atoms with Crippen LogP contribution in [-0.2, 0) is 9.59 Å². The zero-order valence-electron chi connectivity index (χ0n) is 14.3. The first-order valence-corrected chi connectivity index (χ1v) is 9.15. The van der Waals surface area contributed by atoms with Crippen molar-refractivity contribution in [3.05, 3.63) is 0 Å². The average Bonchev–Trinajstić information content (AvgIpc) is 2.54. The molecule has 3 saturated heterocycles. The van der Waals surface area contributed by atoms with Crippen molar-refractivity contribution in [3.8, 4) is 0 Å². The largest absolute Gasteiger partial charge is 0.342 e. The van der Waals surface area contributed by atoms with Crippen LogP contribution in [-0.4, -0.2) is 85.4 Å². The molecule has 0 aliphatic carbocycles. The van der Waals surface area contributed by atoms with Gasteiger partial charge in [0.05, 0.1) is 6.54 Å².